The fourth-order valence-corrected chi connectivity index (χ4v) is 3.57. The van der Waals surface area contributed by atoms with E-state index in [4.69, 9.17) is 0 Å². The lowest BCUT2D eigenvalue weighted by Gasteiger charge is -2.28. The third kappa shape index (κ3) is 3.55. The minimum absolute atomic E-state index is 0.471. The molecule has 0 amide bonds. The summed E-state index contributed by atoms with van der Waals surface area (Å²) in [5, 5.41) is 0. The Kier molecular flexibility index (Phi) is 5.51. The number of benzene rings is 2. The molecule has 0 aliphatic carbocycles. The van der Waals surface area contributed by atoms with Crippen LogP contribution < -0.4 is 4.90 Å². The topological polar surface area (TPSA) is 6.48 Å². The van der Waals surface area contributed by atoms with Crippen molar-refractivity contribution in [1.29, 1.82) is 0 Å². The van der Waals surface area contributed by atoms with Crippen LogP contribution in [-0.2, 0) is 0 Å². The molecular weight excluding hydrogens is 316 g/mol. The van der Waals surface area contributed by atoms with Gasteiger partial charge in [0.25, 0.3) is 0 Å². The molecule has 135 valence electrons. The molecule has 0 atom stereocenters. The zero-order chi connectivity index (χ0) is 18.7. The van der Waals surface area contributed by atoms with Gasteiger partial charge in [-0.15, -0.1) is 6.58 Å². The van der Waals surface area contributed by atoms with Gasteiger partial charge in [0, 0.05) is 17.8 Å². The van der Waals surface area contributed by atoms with Crippen LogP contribution in [0.4, 0.5) is 5.69 Å². The van der Waals surface area contributed by atoms with Gasteiger partial charge in [0.05, 0.1) is 18.6 Å². The van der Waals surface area contributed by atoms with E-state index in [0.29, 0.717) is 11.8 Å². The first-order valence-corrected chi connectivity index (χ1v) is 9.48. The van der Waals surface area contributed by atoms with Gasteiger partial charge in [-0.25, -0.2) is 0 Å². The molecule has 0 aromatic heterocycles. The molecule has 0 saturated heterocycles. The maximum Gasteiger partial charge on any atom is 0.0957 e. The van der Waals surface area contributed by atoms with Gasteiger partial charge in [-0.2, -0.15) is 0 Å². The highest BCUT2D eigenvalue weighted by Crippen LogP contribution is 2.38. The van der Waals surface area contributed by atoms with Crippen LogP contribution in [0.3, 0.4) is 0 Å². The van der Waals surface area contributed by atoms with Crippen molar-refractivity contribution in [3.63, 3.8) is 0 Å². The molecule has 0 spiro atoms. The van der Waals surface area contributed by atoms with Gasteiger partial charge in [-0.1, -0.05) is 82.3 Å². The van der Waals surface area contributed by atoms with Gasteiger partial charge in [-0.05, 0) is 23.0 Å². The Labute approximate surface area is 158 Å². The molecule has 26 heavy (non-hydrogen) atoms. The van der Waals surface area contributed by atoms with E-state index in [2.05, 4.69) is 98.8 Å². The molecule has 2 nitrogen and oxygen atoms in total. The molecule has 2 heteroatoms. The van der Waals surface area contributed by atoms with Crippen LogP contribution in [0.1, 0.15) is 56.2 Å². The SMILES string of the molecule is C=CCN1CN(c2c(C(C)C)cccc2C(C)C)[C]=C1c1ccccc1. The summed E-state index contributed by atoms with van der Waals surface area (Å²) in [6.45, 7) is 14.6. The zero-order valence-corrected chi connectivity index (χ0v) is 16.4. The van der Waals surface area contributed by atoms with E-state index in [1.165, 1.54) is 22.4 Å². The lowest BCUT2D eigenvalue weighted by atomic mass is 9.92. The molecule has 0 saturated carbocycles. The van der Waals surface area contributed by atoms with Crippen LogP contribution >= 0.6 is 0 Å². The van der Waals surface area contributed by atoms with Gasteiger partial charge in [0.2, 0.25) is 0 Å². The molecule has 0 fully saturated rings. The molecule has 2 aromatic rings. The van der Waals surface area contributed by atoms with E-state index >= 15 is 0 Å². The Morgan fingerprint density at radius 1 is 0.962 bits per heavy atom. The summed E-state index contributed by atoms with van der Waals surface area (Å²) in [5.74, 6) is 0.943. The smallest absolute Gasteiger partial charge is 0.0957 e. The van der Waals surface area contributed by atoms with E-state index in [1.54, 1.807) is 0 Å². The van der Waals surface area contributed by atoms with Crippen LogP contribution in [0.2, 0.25) is 0 Å². The van der Waals surface area contributed by atoms with E-state index in [9.17, 15) is 0 Å². The maximum absolute atomic E-state index is 3.94. The second-order valence-electron chi connectivity index (χ2n) is 7.50. The molecule has 0 N–H and O–H groups in total. The molecular formula is C24H29N2. The first kappa shape index (κ1) is 18.3. The number of hydrogen-bond acceptors (Lipinski definition) is 2. The third-order valence-electron chi connectivity index (χ3n) is 4.88. The first-order chi connectivity index (χ1) is 12.5. The van der Waals surface area contributed by atoms with E-state index < -0.39 is 0 Å². The van der Waals surface area contributed by atoms with Crippen LogP contribution in [0.25, 0.3) is 5.70 Å². The monoisotopic (exact) mass is 345 g/mol. The van der Waals surface area contributed by atoms with Crippen LogP contribution in [0.5, 0.6) is 0 Å². The Morgan fingerprint density at radius 3 is 2.12 bits per heavy atom. The van der Waals surface area contributed by atoms with E-state index in [1.807, 2.05) is 6.08 Å². The highest BCUT2D eigenvalue weighted by atomic mass is 15.4. The molecule has 3 rings (SSSR count). The Morgan fingerprint density at radius 2 is 1.58 bits per heavy atom. The summed E-state index contributed by atoms with van der Waals surface area (Å²) >= 11 is 0. The Hall–Kier alpha value is -2.48. The van der Waals surface area contributed by atoms with Crippen molar-refractivity contribution in [3.8, 4) is 0 Å². The second kappa shape index (κ2) is 7.82. The highest BCUT2D eigenvalue weighted by Gasteiger charge is 2.27. The zero-order valence-electron chi connectivity index (χ0n) is 16.4. The molecule has 1 radical (unpaired) electrons. The van der Waals surface area contributed by atoms with Crippen molar-refractivity contribution in [2.24, 2.45) is 0 Å². The van der Waals surface area contributed by atoms with E-state index in [0.717, 1.165) is 18.9 Å². The minimum atomic E-state index is 0.471. The standard InChI is InChI=1S/C24H29N2/c1-6-15-25-17-26(16-23(25)20-11-8-7-9-12-20)24-21(18(2)3)13-10-14-22(24)19(4)5/h6-14,18-19H,1,15,17H2,2-5H3. The van der Waals surface area contributed by atoms with Gasteiger partial charge in [0.1, 0.15) is 0 Å². The average Bonchev–Trinajstić information content (AvgIpc) is 3.05. The predicted molar refractivity (Wildman–Crippen MR) is 112 cm³/mol. The molecule has 1 heterocycles. The van der Waals surface area contributed by atoms with Crippen LogP contribution in [0, 0.1) is 6.20 Å². The first-order valence-electron chi connectivity index (χ1n) is 9.48. The molecule has 0 bridgehead atoms. The van der Waals surface area contributed by atoms with Crippen molar-refractivity contribution in [2.75, 3.05) is 18.1 Å². The minimum Gasteiger partial charge on any atom is -0.347 e. The molecule has 1 aliphatic rings. The fourth-order valence-electron chi connectivity index (χ4n) is 3.57. The summed E-state index contributed by atoms with van der Waals surface area (Å²) in [7, 11) is 0. The number of nitrogens with zero attached hydrogens (tertiary/aromatic N) is 2. The largest absolute Gasteiger partial charge is 0.347 e. The second-order valence-corrected chi connectivity index (χ2v) is 7.50. The number of para-hydroxylation sites is 1. The lowest BCUT2D eigenvalue weighted by molar-refractivity contribution is 0.470. The summed E-state index contributed by atoms with van der Waals surface area (Å²) in [6.07, 6.45) is 5.64. The Balaban J connectivity index is 2.10. The Bertz CT molecular complexity index is 761. The molecule has 0 unspecified atom stereocenters. The van der Waals surface area contributed by atoms with Gasteiger partial charge in [0.15, 0.2) is 0 Å². The quantitative estimate of drug-likeness (QED) is 0.592. The van der Waals surface area contributed by atoms with Crippen molar-refractivity contribution >= 4 is 11.4 Å². The summed E-state index contributed by atoms with van der Waals surface area (Å²) in [6, 6.07) is 17.2. The molecule has 2 aromatic carbocycles. The van der Waals surface area contributed by atoms with Crippen molar-refractivity contribution in [1.82, 2.24) is 4.90 Å². The van der Waals surface area contributed by atoms with Gasteiger partial charge < -0.3 is 9.80 Å². The number of rotatable bonds is 6. The highest BCUT2D eigenvalue weighted by molar-refractivity contribution is 5.72. The predicted octanol–water partition coefficient (Wildman–Crippen LogP) is 6.00. The van der Waals surface area contributed by atoms with E-state index in [-0.39, 0.29) is 0 Å². The van der Waals surface area contributed by atoms with Gasteiger partial charge >= 0.3 is 0 Å². The molecule has 1 aliphatic heterocycles. The van der Waals surface area contributed by atoms with Crippen molar-refractivity contribution < 1.29 is 0 Å². The fraction of sp³-hybridized carbons (Fsp3) is 0.333. The normalized spacial score (nSPS) is 14.3. The van der Waals surface area contributed by atoms with Crippen LogP contribution in [0.15, 0.2) is 61.2 Å². The number of anilines is 1. The number of hydrogen-bond donors (Lipinski definition) is 0. The van der Waals surface area contributed by atoms with Crippen molar-refractivity contribution in [2.45, 2.75) is 39.5 Å². The van der Waals surface area contributed by atoms with Crippen LogP contribution in [-0.4, -0.2) is 18.1 Å². The third-order valence-corrected chi connectivity index (χ3v) is 4.88. The summed E-state index contributed by atoms with van der Waals surface area (Å²) < 4.78 is 0. The lowest BCUT2D eigenvalue weighted by Crippen LogP contribution is -2.28. The average molecular weight is 346 g/mol. The summed E-state index contributed by atoms with van der Waals surface area (Å²) in [4.78, 5) is 4.64. The van der Waals surface area contributed by atoms with Gasteiger partial charge in [-0.3, -0.25) is 0 Å². The van der Waals surface area contributed by atoms with Crippen molar-refractivity contribution in [3.05, 3.63) is 84.1 Å². The summed E-state index contributed by atoms with van der Waals surface area (Å²) in [5.41, 5.74) is 6.43. The maximum atomic E-state index is 3.94.